The van der Waals surface area contributed by atoms with Crippen LogP contribution in [0.25, 0.3) is 22.3 Å². The molecule has 3 aliphatic heterocycles. The van der Waals surface area contributed by atoms with Crippen molar-refractivity contribution in [1.29, 1.82) is 0 Å². The van der Waals surface area contributed by atoms with Gasteiger partial charge >= 0.3 is 72.6 Å². The minimum absolute atomic E-state index is 0. The van der Waals surface area contributed by atoms with Crippen LogP contribution in [-0.2, 0) is 43.9 Å². The van der Waals surface area contributed by atoms with Crippen LogP contribution in [0.15, 0.2) is 25.3 Å². The van der Waals surface area contributed by atoms with Gasteiger partial charge in [-0.25, -0.2) is 34.5 Å². The van der Waals surface area contributed by atoms with Gasteiger partial charge in [0.25, 0.3) is 0 Å². The molecule has 2 bridgehead atoms. The Morgan fingerprint density at radius 1 is 0.804 bits per heavy atom. The Morgan fingerprint density at radius 3 is 1.96 bits per heavy atom. The van der Waals surface area contributed by atoms with Crippen molar-refractivity contribution in [3.63, 3.8) is 0 Å². The molecule has 3 saturated heterocycles. The number of aromatic nitrogens is 8. The number of nitrogens with zero attached hydrogens (tertiary/aromatic N) is 8. The number of hydrogen-bond donors (Lipinski definition) is 6. The molecular formula is C20H24N10Na2O10P2S2+2. The van der Waals surface area contributed by atoms with Crippen LogP contribution in [0.3, 0.4) is 0 Å². The number of hydrogen-bond acceptors (Lipinski definition) is 18. The van der Waals surface area contributed by atoms with Crippen molar-refractivity contribution in [1.82, 2.24) is 39.0 Å². The maximum atomic E-state index is 13.4. The Morgan fingerprint density at radius 2 is 1.35 bits per heavy atom. The fourth-order valence-corrected chi connectivity index (χ4v) is 8.13. The third-order valence-electron chi connectivity index (χ3n) is 7.26. The van der Waals surface area contributed by atoms with Gasteiger partial charge in [-0.1, -0.05) is 12.2 Å². The first-order valence-electron chi connectivity index (χ1n) is 12.8. The van der Waals surface area contributed by atoms with Crippen molar-refractivity contribution in [3.05, 3.63) is 25.3 Å². The average molecular weight is 737 g/mol. The van der Waals surface area contributed by atoms with Gasteiger partial charge in [-0.3, -0.25) is 22.7 Å². The number of anilines is 2. The molecule has 3 aliphatic rings. The summed E-state index contributed by atoms with van der Waals surface area (Å²) in [7, 11) is 0. The van der Waals surface area contributed by atoms with Gasteiger partial charge in [0, 0.05) is 0 Å². The number of nitrogen functional groups attached to an aromatic ring is 2. The molecular weight excluding hydrogens is 712 g/mol. The normalized spacial score (nSPS) is 36.6. The number of imidazole rings is 2. The summed E-state index contributed by atoms with van der Waals surface area (Å²) in [4.78, 5) is 35.6. The molecule has 0 aliphatic carbocycles. The largest absolute Gasteiger partial charge is 1.00 e. The Bertz CT molecular complexity index is 1840. The molecule has 0 radical (unpaired) electrons. The van der Waals surface area contributed by atoms with Crippen molar-refractivity contribution in [2.24, 2.45) is 0 Å². The predicted octanol–water partition coefficient (Wildman–Crippen LogP) is -6.57. The maximum absolute atomic E-state index is 13.4. The fraction of sp³-hybridized carbons (Fsp3) is 0.500. The van der Waals surface area contributed by atoms with Crippen LogP contribution < -0.4 is 70.6 Å². The van der Waals surface area contributed by atoms with Crippen molar-refractivity contribution >= 4 is 71.5 Å². The molecule has 4 aromatic heterocycles. The average Bonchev–Trinajstić information content (AvgIpc) is 3.73. The molecule has 26 heteroatoms. The van der Waals surface area contributed by atoms with Crippen LogP contribution in [-0.4, -0.2) is 104 Å². The van der Waals surface area contributed by atoms with Gasteiger partial charge in [0.1, 0.15) is 60.3 Å². The minimum Gasteiger partial charge on any atom is -0.387 e. The SMILES string of the molecule is Nc1ncnc2c1ncn2[C@@H]1O[C@@H]2COP(O)(=S)O[C@@H]3[C@H](O)[C@@H](COP(=O)(S)O[C@H]2[C@H]1O)O[C@H]3n1cnc2c(N)ncnc21.[Na+].[Na+]. The van der Waals surface area contributed by atoms with Crippen LogP contribution in [0.4, 0.5) is 11.6 Å². The number of aliphatic hydroxyl groups is 2. The van der Waals surface area contributed by atoms with Crippen LogP contribution in [0.1, 0.15) is 12.5 Å². The van der Waals surface area contributed by atoms with E-state index in [1.807, 2.05) is 0 Å². The second-order valence-electron chi connectivity index (χ2n) is 9.95. The molecule has 236 valence electrons. The van der Waals surface area contributed by atoms with Gasteiger partial charge in [-0.15, -0.1) is 0 Å². The van der Waals surface area contributed by atoms with Crippen LogP contribution in [0, 0.1) is 0 Å². The topological polar surface area (TPSA) is 272 Å². The van der Waals surface area contributed by atoms with E-state index in [2.05, 4.69) is 42.2 Å². The number of thiol groups is 1. The number of fused-ring (bicyclic) bond motifs is 5. The van der Waals surface area contributed by atoms with E-state index in [1.54, 1.807) is 0 Å². The summed E-state index contributed by atoms with van der Waals surface area (Å²) >= 11 is 9.35. The van der Waals surface area contributed by atoms with E-state index in [-0.39, 0.29) is 93.1 Å². The summed E-state index contributed by atoms with van der Waals surface area (Å²) in [6.07, 6.45) is -5.39. The van der Waals surface area contributed by atoms with Crippen molar-refractivity contribution in [2.45, 2.75) is 49.1 Å². The summed E-state index contributed by atoms with van der Waals surface area (Å²) in [5.41, 5.74) is 12.8. The molecule has 0 aromatic carbocycles. The second-order valence-corrected chi connectivity index (χ2v) is 15.6. The molecule has 2 unspecified atom stereocenters. The summed E-state index contributed by atoms with van der Waals surface area (Å²) < 4.78 is 50.7. The van der Waals surface area contributed by atoms with Crippen LogP contribution in [0.2, 0.25) is 0 Å². The zero-order chi connectivity index (χ0) is 31.0. The zero-order valence-corrected chi connectivity index (χ0v) is 31.5. The smallest absolute Gasteiger partial charge is 0.387 e. The molecule has 46 heavy (non-hydrogen) atoms. The van der Waals surface area contributed by atoms with Gasteiger partial charge in [0.2, 0.25) is 0 Å². The molecule has 4 aromatic rings. The van der Waals surface area contributed by atoms with E-state index in [0.29, 0.717) is 0 Å². The summed E-state index contributed by atoms with van der Waals surface area (Å²) in [6, 6.07) is 0. The Hall–Kier alpha value is -0.430. The number of ether oxygens (including phenoxy) is 2. The molecule has 3 fully saturated rings. The Kier molecular flexibility index (Phi) is 11.3. The summed E-state index contributed by atoms with van der Waals surface area (Å²) in [5, 5.41) is 22.4. The summed E-state index contributed by atoms with van der Waals surface area (Å²) in [6.45, 7) is -9.48. The fourth-order valence-electron chi connectivity index (χ4n) is 5.22. The van der Waals surface area contributed by atoms with Gasteiger partial charge in [-0.2, -0.15) is 0 Å². The first-order chi connectivity index (χ1) is 20.9. The van der Waals surface area contributed by atoms with Crippen LogP contribution in [0.5, 0.6) is 0 Å². The molecule has 0 amide bonds. The first-order valence-corrected chi connectivity index (χ1v) is 18.1. The van der Waals surface area contributed by atoms with Gasteiger partial charge in [-0.05, 0) is 11.8 Å². The summed E-state index contributed by atoms with van der Waals surface area (Å²) in [5.74, 6) is 0.202. The van der Waals surface area contributed by atoms with Crippen molar-refractivity contribution < 1.29 is 106 Å². The molecule has 0 spiro atoms. The minimum atomic E-state index is -4.27. The van der Waals surface area contributed by atoms with Gasteiger partial charge in [0.15, 0.2) is 35.4 Å². The van der Waals surface area contributed by atoms with Crippen LogP contribution >= 0.6 is 25.8 Å². The Labute approximate surface area is 313 Å². The number of rotatable bonds is 2. The van der Waals surface area contributed by atoms with E-state index in [4.69, 9.17) is 50.8 Å². The first kappa shape index (κ1) is 36.8. The van der Waals surface area contributed by atoms with Crippen molar-refractivity contribution in [3.8, 4) is 0 Å². The van der Waals surface area contributed by atoms with E-state index < -0.39 is 75.8 Å². The van der Waals surface area contributed by atoms with Crippen molar-refractivity contribution in [2.75, 3.05) is 24.7 Å². The van der Waals surface area contributed by atoms with E-state index in [9.17, 15) is 19.7 Å². The quantitative estimate of drug-likeness (QED) is 0.0634. The molecule has 7 N–H and O–H groups in total. The second kappa shape index (κ2) is 14.1. The predicted molar refractivity (Wildman–Crippen MR) is 154 cm³/mol. The number of aliphatic hydroxyl groups excluding tert-OH is 2. The number of nitrogens with two attached hydrogens (primary N) is 2. The Balaban J connectivity index is 0.00000208. The van der Waals surface area contributed by atoms with Gasteiger partial charge in [0.05, 0.1) is 25.9 Å². The van der Waals surface area contributed by atoms with E-state index >= 15 is 0 Å². The van der Waals surface area contributed by atoms with Gasteiger partial charge < -0.3 is 40.6 Å². The third kappa shape index (κ3) is 6.82. The standard InChI is InChI=1S/C20H24N10O10P2S2.2Na/c21-15-9-17(25-3-23-15)29(5-27-9)19-12(32)13-8(38-19)2-36-42(34,44)40-14-11(31)7(1-35-41(33,43)39-13)37-20(14)30-6-28-10-16(22)24-4-26-18(10)30;;/h3-8,11-14,19-20,31-32H,1-2H2,(H,33,43)(H,34,44)(H2,21,23,25)(H2,22,24,26);;/q;2*+1/t7-,8-,11-,12-,13-,14-,19-,20-,41?,42?;;/m1../s1. The molecule has 7 heterocycles. The molecule has 7 rings (SSSR count). The molecule has 0 saturated carbocycles. The molecule has 20 nitrogen and oxygen atoms in total. The van der Waals surface area contributed by atoms with E-state index in [0.717, 1.165) is 0 Å². The monoisotopic (exact) mass is 736 g/mol. The maximum Gasteiger partial charge on any atom is 1.00 e. The molecule has 10 atom stereocenters. The zero-order valence-electron chi connectivity index (χ0n) is 24.0. The van der Waals surface area contributed by atoms with E-state index in [1.165, 1.54) is 34.4 Å². The third-order valence-corrected chi connectivity index (χ3v) is 10.4.